The van der Waals surface area contributed by atoms with E-state index in [-0.39, 0.29) is 19.1 Å². The van der Waals surface area contributed by atoms with Crippen LogP contribution >= 0.6 is 11.3 Å². The fraction of sp³-hybridized carbons (Fsp3) is 0.217. The highest BCUT2D eigenvalue weighted by Crippen LogP contribution is 2.30. The van der Waals surface area contributed by atoms with Crippen LogP contribution in [0.4, 0.5) is 15.6 Å². The minimum absolute atomic E-state index is 0.0149. The maximum Gasteiger partial charge on any atom is 0.338 e. The van der Waals surface area contributed by atoms with E-state index in [4.69, 9.17) is 10.5 Å². The van der Waals surface area contributed by atoms with Gasteiger partial charge in [0.1, 0.15) is 6.61 Å². The first kappa shape index (κ1) is 23.0. The van der Waals surface area contributed by atoms with Crippen LogP contribution in [-0.4, -0.2) is 22.9 Å². The van der Waals surface area contributed by atoms with Crippen LogP contribution in [0.25, 0.3) is 0 Å². The second kappa shape index (κ2) is 10.1. The molecule has 3 rings (SSSR count). The number of primary amides is 1. The zero-order valence-electron chi connectivity index (χ0n) is 18.0. The predicted molar refractivity (Wildman–Crippen MR) is 123 cm³/mol. The second-order valence-electron chi connectivity index (χ2n) is 7.24. The zero-order chi connectivity index (χ0) is 23.3. The molecule has 2 aromatic carbocycles. The standard InChI is InChI=1S/C23H24N4O4S/c1-14-4-9-20(10-15(14)2)27(16(3)28)23-26-19(13-32-23)12-31-21(29)18-7-5-17(6-8-18)11-25-22(24)30/h4-10,13H,11-12H2,1-3H3,(H3,24,25,30). The Morgan fingerprint density at radius 2 is 1.81 bits per heavy atom. The SMILES string of the molecule is CC(=O)N(c1ccc(C)c(C)c1)c1nc(COC(=O)c2ccc(CNC(N)=O)cc2)cs1. The van der Waals surface area contributed by atoms with E-state index >= 15 is 0 Å². The Morgan fingerprint density at radius 1 is 1.09 bits per heavy atom. The van der Waals surface area contributed by atoms with Gasteiger partial charge in [0, 0.05) is 18.8 Å². The molecule has 3 aromatic rings. The average Bonchev–Trinajstić information content (AvgIpc) is 3.21. The van der Waals surface area contributed by atoms with Crippen LogP contribution < -0.4 is 16.0 Å². The summed E-state index contributed by atoms with van der Waals surface area (Å²) in [6, 6.07) is 11.8. The number of benzene rings is 2. The normalized spacial score (nSPS) is 10.5. The first-order valence-electron chi connectivity index (χ1n) is 9.86. The van der Waals surface area contributed by atoms with Gasteiger partial charge in [0.25, 0.3) is 0 Å². The summed E-state index contributed by atoms with van der Waals surface area (Å²) in [7, 11) is 0. The Bertz CT molecular complexity index is 1140. The lowest BCUT2D eigenvalue weighted by Gasteiger charge is -2.19. The van der Waals surface area contributed by atoms with Gasteiger partial charge in [0.05, 0.1) is 16.9 Å². The number of amides is 3. The summed E-state index contributed by atoms with van der Waals surface area (Å²) in [5.41, 5.74) is 9.74. The molecular weight excluding hydrogens is 428 g/mol. The Morgan fingerprint density at radius 3 is 2.44 bits per heavy atom. The largest absolute Gasteiger partial charge is 0.456 e. The number of nitrogens with zero attached hydrogens (tertiary/aromatic N) is 2. The smallest absolute Gasteiger partial charge is 0.338 e. The molecule has 0 spiro atoms. The number of carbonyl (C=O) groups excluding carboxylic acids is 3. The third-order valence-electron chi connectivity index (χ3n) is 4.80. The summed E-state index contributed by atoms with van der Waals surface area (Å²) in [5.74, 6) is -0.649. The van der Waals surface area contributed by atoms with Crippen LogP contribution in [0.3, 0.4) is 0 Å². The quantitative estimate of drug-likeness (QED) is 0.527. The summed E-state index contributed by atoms with van der Waals surface area (Å²) in [5, 5.41) is 4.76. The van der Waals surface area contributed by atoms with E-state index in [0.29, 0.717) is 16.4 Å². The molecule has 0 bridgehead atoms. The number of nitrogens with two attached hydrogens (primary N) is 1. The lowest BCUT2D eigenvalue weighted by Crippen LogP contribution is -2.28. The number of esters is 1. The topological polar surface area (TPSA) is 115 Å². The van der Waals surface area contributed by atoms with Gasteiger partial charge < -0.3 is 15.8 Å². The molecule has 0 saturated carbocycles. The van der Waals surface area contributed by atoms with Gasteiger partial charge in [-0.1, -0.05) is 18.2 Å². The van der Waals surface area contributed by atoms with Gasteiger partial charge >= 0.3 is 12.0 Å². The molecule has 0 unspecified atom stereocenters. The van der Waals surface area contributed by atoms with Crippen molar-refractivity contribution in [1.29, 1.82) is 0 Å². The van der Waals surface area contributed by atoms with Crippen molar-refractivity contribution in [3.05, 3.63) is 75.8 Å². The van der Waals surface area contributed by atoms with E-state index < -0.39 is 12.0 Å². The van der Waals surface area contributed by atoms with Gasteiger partial charge in [-0.25, -0.2) is 14.6 Å². The number of carbonyl (C=O) groups is 3. The Balaban J connectivity index is 1.65. The second-order valence-corrected chi connectivity index (χ2v) is 8.07. The fourth-order valence-corrected chi connectivity index (χ4v) is 3.80. The van der Waals surface area contributed by atoms with Gasteiger partial charge in [-0.2, -0.15) is 0 Å². The van der Waals surface area contributed by atoms with Gasteiger partial charge in [-0.15, -0.1) is 11.3 Å². The van der Waals surface area contributed by atoms with Crippen LogP contribution in [0.15, 0.2) is 47.8 Å². The number of aryl methyl sites for hydroxylation is 2. The third-order valence-corrected chi connectivity index (χ3v) is 5.68. The van der Waals surface area contributed by atoms with Gasteiger partial charge in [-0.3, -0.25) is 9.69 Å². The maximum absolute atomic E-state index is 12.3. The molecule has 0 radical (unpaired) electrons. The predicted octanol–water partition coefficient (Wildman–Crippen LogP) is 3.97. The summed E-state index contributed by atoms with van der Waals surface area (Å²) in [4.78, 5) is 41.4. The van der Waals surface area contributed by atoms with Crippen LogP contribution in [0.2, 0.25) is 0 Å². The Hall–Kier alpha value is -3.72. The van der Waals surface area contributed by atoms with Gasteiger partial charge in [-0.05, 0) is 54.8 Å². The first-order chi connectivity index (χ1) is 15.2. The number of ether oxygens (including phenoxy) is 1. The van der Waals surface area contributed by atoms with E-state index in [0.717, 1.165) is 22.4 Å². The van der Waals surface area contributed by atoms with Gasteiger partial charge in [0.15, 0.2) is 5.13 Å². The molecule has 0 atom stereocenters. The van der Waals surface area contributed by atoms with Gasteiger partial charge in [0.2, 0.25) is 5.91 Å². The number of thiazole rings is 1. The number of hydrogen-bond donors (Lipinski definition) is 2. The molecule has 8 nitrogen and oxygen atoms in total. The number of rotatable bonds is 7. The first-order valence-corrected chi connectivity index (χ1v) is 10.7. The van der Waals surface area contributed by atoms with Crippen molar-refractivity contribution in [1.82, 2.24) is 10.3 Å². The van der Waals surface area contributed by atoms with E-state index in [1.54, 1.807) is 34.5 Å². The molecule has 3 N–H and O–H groups in total. The Labute approximate surface area is 190 Å². The molecule has 3 amide bonds. The van der Waals surface area contributed by atoms with Crippen LogP contribution in [-0.2, 0) is 22.7 Å². The van der Waals surface area contributed by atoms with Crippen LogP contribution in [0.1, 0.15) is 39.7 Å². The fourth-order valence-electron chi connectivity index (χ4n) is 2.93. The van der Waals surface area contributed by atoms with Crippen molar-refractivity contribution in [2.24, 2.45) is 5.73 Å². The molecular formula is C23H24N4O4S. The van der Waals surface area contributed by atoms with E-state index in [1.807, 2.05) is 32.0 Å². The van der Waals surface area contributed by atoms with E-state index in [2.05, 4.69) is 10.3 Å². The van der Waals surface area contributed by atoms with Crippen LogP contribution in [0.5, 0.6) is 0 Å². The van der Waals surface area contributed by atoms with Crippen molar-refractivity contribution in [3.63, 3.8) is 0 Å². The summed E-state index contributed by atoms with van der Waals surface area (Å²) in [6.07, 6.45) is 0. The minimum atomic E-state index is -0.614. The molecule has 166 valence electrons. The molecule has 0 fully saturated rings. The molecule has 1 aromatic heterocycles. The molecule has 0 aliphatic heterocycles. The summed E-state index contributed by atoms with van der Waals surface area (Å²) in [6.45, 7) is 5.75. The maximum atomic E-state index is 12.3. The molecule has 0 aliphatic rings. The Kier molecular flexibility index (Phi) is 7.21. The average molecular weight is 453 g/mol. The highest BCUT2D eigenvalue weighted by molar-refractivity contribution is 7.14. The number of urea groups is 1. The van der Waals surface area contributed by atoms with Crippen molar-refractivity contribution in [2.45, 2.75) is 33.9 Å². The lowest BCUT2D eigenvalue weighted by molar-refractivity contribution is -0.115. The third kappa shape index (κ3) is 5.70. The number of hydrogen-bond acceptors (Lipinski definition) is 6. The highest BCUT2D eigenvalue weighted by Gasteiger charge is 2.19. The number of anilines is 2. The molecule has 32 heavy (non-hydrogen) atoms. The number of aromatic nitrogens is 1. The molecule has 1 heterocycles. The van der Waals surface area contributed by atoms with E-state index in [1.165, 1.54) is 18.3 Å². The lowest BCUT2D eigenvalue weighted by atomic mass is 10.1. The summed E-state index contributed by atoms with van der Waals surface area (Å²) < 4.78 is 5.36. The molecule has 9 heteroatoms. The summed E-state index contributed by atoms with van der Waals surface area (Å²) >= 11 is 1.31. The molecule has 0 saturated heterocycles. The monoisotopic (exact) mass is 452 g/mol. The number of nitrogens with one attached hydrogen (secondary N) is 1. The zero-order valence-corrected chi connectivity index (χ0v) is 18.9. The highest BCUT2D eigenvalue weighted by atomic mass is 32.1. The van der Waals surface area contributed by atoms with Crippen molar-refractivity contribution < 1.29 is 19.1 Å². The van der Waals surface area contributed by atoms with Crippen LogP contribution in [0, 0.1) is 13.8 Å². The molecule has 0 aliphatic carbocycles. The van der Waals surface area contributed by atoms with Crippen molar-refractivity contribution in [2.75, 3.05) is 4.90 Å². The van der Waals surface area contributed by atoms with Crippen molar-refractivity contribution >= 4 is 40.1 Å². The van der Waals surface area contributed by atoms with E-state index in [9.17, 15) is 14.4 Å². The minimum Gasteiger partial charge on any atom is -0.456 e. The van der Waals surface area contributed by atoms with Crippen molar-refractivity contribution in [3.8, 4) is 0 Å².